The number of nitrogens with zero attached hydrogens (tertiary/aromatic N) is 1. The molecular weight excluding hydrogens is 332 g/mol. The topological polar surface area (TPSA) is 55.1 Å². The fraction of sp³-hybridized carbons (Fsp3) is 0.375. The van der Waals surface area contributed by atoms with Crippen molar-refractivity contribution in [3.05, 3.63) is 40.2 Å². The van der Waals surface area contributed by atoms with Crippen molar-refractivity contribution in [1.82, 2.24) is 10.3 Å². The summed E-state index contributed by atoms with van der Waals surface area (Å²) in [5.41, 5.74) is 1.31. The van der Waals surface area contributed by atoms with Crippen molar-refractivity contribution < 1.29 is 9.21 Å². The van der Waals surface area contributed by atoms with Gasteiger partial charge in [-0.1, -0.05) is 22.0 Å². The van der Waals surface area contributed by atoms with Crippen LogP contribution in [-0.4, -0.2) is 16.4 Å². The van der Waals surface area contributed by atoms with E-state index in [1.54, 1.807) is 0 Å². The van der Waals surface area contributed by atoms with Crippen molar-refractivity contribution in [2.24, 2.45) is 0 Å². The lowest BCUT2D eigenvalue weighted by molar-refractivity contribution is -0.121. The Hall–Kier alpha value is -1.62. The van der Waals surface area contributed by atoms with E-state index in [9.17, 15) is 4.79 Å². The molecule has 4 nitrogen and oxygen atoms in total. The lowest BCUT2D eigenvalue weighted by Gasteiger charge is -2.20. The fourth-order valence-electron chi connectivity index (χ4n) is 1.95. The number of aryl methyl sites for hydroxylation is 1. The number of oxazole rings is 1. The summed E-state index contributed by atoms with van der Waals surface area (Å²) in [7, 11) is 0. The van der Waals surface area contributed by atoms with E-state index in [-0.39, 0.29) is 17.9 Å². The first-order valence-corrected chi connectivity index (χ1v) is 7.57. The molecule has 1 aromatic carbocycles. The highest BCUT2D eigenvalue weighted by Crippen LogP contribution is 2.24. The predicted molar refractivity (Wildman–Crippen MR) is 86.0 cm³/mol. The molecule has 2 rings (SSSR count). The first kappa shape index (κ1) is 15.8. The Morgan fingerprint density at radius 2 is 2.10 bits per heavy atom. The fourth-order valence-corrected chi connectivity index (χ4v) is 2.35. The molecule has 0 fully saturated rings. The van der Waals surface area contributed by atoms with Crippen LogP contribution in [0.4, 0.5) is 0 Å². The summed E-state index contributed by atoms with van der Waals surface area (Å²) in [5.74, 6) is 1.15. The maximum absolute atomic E-state index is 12.0. The molecule has 5 heteroatoms. The van der Waals surface area contributed by atoms with Gasteiger partial charge in [0.1, 0.15) is 5.76 Å². The van der Waals surface area contributed by atoms with Crippen LogP contribution < -0.4 is 5.32 Å². The standard InChI is InChI=1S/C16H19BrN2O2/c1-10-13(9-14(20)19-16(2,3)4)18-15(21-10)11-6-5-7-12(17)8-11/h5-8H,9H2,1-4H3,(H,19,20). The van der Waals surface area contributed by atoms with E-state index >= 15 is 0 Å². The Labute approximate surface area is 133 Å². The molecule has 0 atom stereocenters. The van der Waals surface area contributed by atoms with Crippen LogP contribution in [0, 0.1) is 6.92 Å². The molecular formula is C16H19BrN2O2. The number of carbonyl (C=O) groups excluding carboxylic acids is 1. The third kappa shape index (κ3) is 4.43. The minimum absolute atomic E-state index is 0.0558. The maximum atomic E-state index is 12.0. The van der Waals surface area contributed by atoms with Gasteiger partial charge in [0.25, 0.3) is 0 Å². The molecule has 1 N–H and O–H groups in total. The number of halogens is 1. The predicted octanol–water partition coefficient (Wildman–Crippen LogP) is 3.87. The molecule has 112 valence electrons. The van der Waals surface area contributed by atoms with Gasteiger partial charge in [-0.2, -0.15) is 0 Å². The second-order valence-corrected chi connectivity index (χ2v) is 6.92. The minimum Gasteiger partial charge on any atom is -0.441 e. The van der Waals surface area contributed by atoms with Gasteiger partial charge in [0, 0.05) is 15.6 Å². The molecule has 0 saturated carbocycles. The quantitative estimate of drug-likeness (QED) is 0.913. The average molecular weight is 351 g/mol. The van der Waals surface area contributed by atoms with Crippen LogP contribution in [0.15, 0.2) is 33.2 Å². The summed E-state index contributed by atoms with van der Waals surface area (Å²) in [5, 5.41) is 2.92. The van der Waals surface area contributed by atoms with Gasteiger partial charge in [-0.15, -0.1) is 0 Å². The highest BCUT2D eigenvalue weighted by atomic mass is 79.9. The van der Waals surface area contributed by atoms with Gasteiger partial charge in [0.05, 0.1) is 12.1 Å². The monoisotopic (exact) mass is 350 g/mol. The summed E-state index contributed by atoms with van der Waals surface area (Å²) < 4.78 is 6.64. The van der Waals surface area contributed by atoms with Crippen molar-refractivity contribution in [2.75, 3.05) is 0 Å². The second kappa shape index (κ2) is 6.02. The van der Waals surface area contributed by atoms with E-state index in [1.807, 2.05) is 52.0 Å². The zero-order valence-corrected chi connectivity index (χ0v) is 14.2. The summed E-state index contributed by atoms with van der Waals surface area (Å²) in [6.45, 7) is 7.68. The van der Waals surface area contributed by atoms with Crippen molar-refractivity contribution in [3.8, 4) is 11.5 Å². The second-order valence-electron chi connectivity index (χ2n) is 6.01. The molecule has 0 spiro atoms. The first-order valence-electron chi connectivity index (χ1n) is 6.78. The highest BCUT2D eigenvalue weighted by molar-refractivity contribution is 9.10. The van der Waals surface area contributed by atoms with Crippen LogP contribution in [0.1, 0.15) is 32.2 Å². The van der Waals surface area contributed by atoms with E-state index in [2.05, 4.69) is 26.2 Å². The van der Waals surface area contributed by atoms with E-state index in [1.165, 1.54) is 0 Å². The van der Waals surface area contributed by atoms with Gasteiger partial charge in [-0.05, 0) is 45.9 Å². The number of hydrogen-bond acceptors (Lipinski definition) is 3. The van der Waals surface area contributed by atoms with Crippen molar-refractivity contribution >= 4 is 21.8 Å². The summed E-state index contributed by atoms with van der Waals surface area (Å²) in [6, 6.07) is 7.72. The largest absolute Gasteiger partial charge is 0.441 e. The summed E-state index contributed by atoms with van der Waals surface area (Å²) in [6.07, 6.45) is 0.223. The van der Waals surface area contributed by atoms with Crippen LogP contribution in [-0.2, 0) is 11.2 Å². The molecule has 2 aromatic rings. The van der Waals surface area contributed by atoms with E-state index < -0.39 is 0 Å². The van der Waals surface area contributed by atoms with E-state index in [0.717, 1.165) is 10.0 Å². The molecule has 0 radical (unpaired) electrons. The Morgan fingerprint density at radius 1 is 1.38 bits per heavy atom. The third-order valence-electron chi connectivity index (χ3n) is 2.81. The average Bonchev–Trinajstić information content (AvgIpc) is 2.68. The number of rotatable bonds is 3. The molecule has 0 aliphatic carbocycles. The van der Waals surface area contributed by atoms with E-state index in [4.69, 9.17) is 4.42 Å². The highest BCUT2D eigenvalue weighted by Gasteiger charge is 2.18. The summed E-state index contributed by atoms with van der Waals surface area (Å²) >= 11 is 3.42. The lowest BCUT2D eigenvalue weighted by Crippen LogP contribution is -2.41. The zero-order valence-electron chi connectivity index (χ0n) is 12.7. The van der Waals surface area contributed by atoms with Gasteiger partial charge < -0.3 is 9.73 Å². The van der Waals surface area contributed by atoms with Crippen LogP contribution in [0.25, 0.3) is 11.5 Å². The van der Waals surface area contributed by atoms with Gasteiger partial charge in [-0.3, -0.25) is 4.79 Å². The van der Waals surface area contributed by atoms with Gasteiger partial charge in [0.2, 0.25) is 11.8 Å². The Bertz CT molecular complexity index is 657. The van der Waals surface area contributed by atoms with Crippen LogP contribution >= 0.6 is 15.9 Å². The smallest absolute Gasteiger partial charge is 0.226 e. The minimum atomic E-state index is -0.248. The van der Waals surface area contributed by atoms with Crippen molar-refractivity contribution in [2.45, 2.75) is 39.7 Å². The zero-order chi connectivity index (χ0) is 15.6. The SMILES string of the molecule is Cc1oc(-c2cccc(Br)c2)nc1CC(=O)NC(C)(C)C. The van der Waals surface area contributed by atoms with E-state index in [0.29, 0.717) is 17.3 Å². The third-order valence-corrected chi connectivity index (χ3v) is 3.30. The van der Waals surface area contributed by atoms with Crippen LogP contribution in [0.2, 0.25) is 0 Å². The lowest BCUT2D eigenvalue weighted by atomic mass is 10.1. The molecule has 1 heterocycles. The molecule has 1 amide bonds. The number of nitrogens with one attached hydrogen (secondary N) is 1. The number of hydrogen-bond donors (Lipinski definition) is 1. The molecule has 0 saturated heterocycles. The normalized spacial score (nSPS) is 11.5. The molecule has 0 aliphatic rings. The Kier molecular flexibility index (Phi) is 4.52. The maximum Gasteiger partial charge on any atom is 0.226 e. The van der Waals surface area contributed by atoms with Gasteiger partial charge in [-0.25, -0.2) is 4.98 Å². The van der Waals surface area contributed by atoms with Crippen molar-refractivity contribution in [1.29, 1.82) is 0 Å². The molecule has 0 unspecified atom stereocenters. The Morgan fingerprint density at radius 3 is 2.71 bits per heavy atom. The van der Waals surface area contributed by atoms with Gasteiger partial charge >= 0.3 is 0 Å². The number of amides is 1. The number of aromatic nitrogens is 1. The van der Waals surface area contributed by atoms with Crippen LogP contribution in [0.5, 0.6) is 0 Å². The number of benzene rings is 1. The molecule has 0 bridgehead atoms. The van der Waals surface area contributed by atoms with Crippen molar-refractivity contribution in [3.63, 3.8) is 0 Å². The summed E-state index contributed by atoms with van der Waals surface area (Å²) in [4.78, 5) is 16.4. The van der Waals surface area contributed by atoms with Crippen LogP contribution in [0.3, 0.4) is 0 Å². The molecule has 0 aliphatic heterocycles. The molecule has 1 aromatic heterocycles. The van der Waals surface area contributed by atoms with Gasteiger partial charge in [0.15, 0.2) is 0 Å². The number of carbonyl (C=O) groups is 1. The first-order chi connectivity index (χ1) is 9.74. The Balaban J connectivity index is 2.18. The molecule has 21 heavy (non-hydrogen) atoms.